The number of likely N-dealkylation sites (N-methyl/N-ethyl adjacent to an activating group) is 1. The lowest BCUT2D eigenvalue weighted by Gasteiger charge is -2.36. The molecule has 2 heterocycles. The molecule has 3 aliphatic rings. The van der Waals surface area contributed by atoms with Crippen LogP contribution in [0.25, 0.3) is 0 Å². The number of amides is 2. The fourth-order valence-corrected chi connectivity index (χ4v) is 3.89. The third-order valence-corrected chi connectivity index (χ3v) is 6.01. The second-order valence-corrected chi connectivity index (χ2v) is 7.92. The largest absolute Gasteiger partial charge is 0.342 e. The fraction of sp³-hybridized carbons (Fsp3) is 0.895. The van der Waals surface area contributed by atoms with Crippen LogP contribution in [0.15, 0.2) is 0 Å². The Morgan fingerprint density at radius 2 is 1.48 bits per heavy atom. The number of piperidine rings is 1. The highest BCUT2D eigenvalue weighted by Crippen LogP contribution is 2.27. The van der Waals surface area contributed by atoms with Gasteiger partial charge in [0.2, 0.25) is 11.8 Å². The van der Waals surface area contributed by atoms with E-state index in [9.17, 15) is 9.59 Å². The number of hydrogen-bond acceptors (Lipinski definition) is 4. The van der Waals surface area contributed by atoms with E-state index in [1.807, 2.05) is 9.80 Å². The summed E-state index contributed by atoms with van der Waals surface area (Å²) in [5.41, 5.74) is 0. The van der Waals surface area contributed by atoms with E-state index >= 15 is 0 Å². The summed E-state index contributed by atoms with van der Waals surface area (Å²) in [5, 5.41) is 3.28. The van der Waals surface area contributed by atoms with Gasteiger partial charge in [0.05, 0.1) is 6.54 Å². The summed E-state index contributed by atoms with van der Waals surface area (Å²) < 4.78 is 0. The maximum Gasteiger partial charge on any atom is 0.236 e. The van der Waals surface area contributed by atoms with E-state index < -0.39 is 0 Å². The molecule has 0 spiro atoms. The predicted octanol–water partition coefficient (Wildman–Crippen LogP) is 0.779. The van der Waals surface area contributed by atoms with Gasteiger partial charge in [0.15, 0.2) is 0 Å². The Morgan fingerprint density at radius 1 is 0.840 bits per heavy atom. The van der Waals surface area contributed by atoms with Crippen LogP contribution in [0.2, 0.25) is 0 Å². The Hall–Kier alpha value is -1.14. The molecule has 142 valence electrons. The van der Waals surface area contributed by atoms with Crippen LogP contribution in [0.1, 0.15) is 39.0 Å². The van der Waals surface area contributed by atoms with Gasteiger partial charge in [0.25, 0.3) is 0 Å². The lowest BCUT2D eigenvalue weighted by Crippen LogP contribution is -2.49. The van der Waals surface area contributed by atoms with E-state index in [4.69, 9.17) is 0 Å². The number of piperazine rings is 1. The van der Waals surface area contributed by atoms with Gasteiger partial charge in [-0.2, -0.15) is 0 Å². The van der Waals surface area contributed by atoms with Crippen molar-refractivity contribution < 1.29 is 9.59 Å². The molecule has 0 unspecified atom stereocenters. The van der Waals surface area contributed by atoms with Crippen molar-refractivity contribution in [2.45, 2.75) is 39.0 Å². The predicted molar refractivity (Wildman–Crippen MR) is 98.2 cm³/mol. The standard InChI is InChI=1S/C19H34N4O2/c1-2-21-9-11-23(12-10-21)18(24)13-16-5-7-22(8-6-16)19(25)15-20-14-17-3-4-17/h16-17,20H,2-15H2,1H3. The van der Waals surface area contributed by atoms with Crippen molar-refractivity contribution in [3.8, 4) is 0 Å². The van der Waals surface area contributed by atoms with Crippen molar-refractivity contribution in [1.29, 1.82) is 0 Å². The van der Waals surface area contributed by atoms with Crippen molar-refractivity contribution in [3.05, 3.63) is 0 Å². The third kappa shape index (κ3) is 5.68. The molecule has 1 aliphatic carbocycles. The van der Waals surface area contributed by atoms with Crippen LogP contribution < -0.4 is 5.32 Å². The van der Waals surface area contributed by atoms with Crippen molar-refractivity contribution >= 4 is 11.8 Å². The number of nitrogens with one attached hydrogen (secondary N) is 1. The molecule has 0 aromatic heterocycles. The molecule has 0 aromatic carbocycles. The Morgan fingerprint density at radius 3 is 2.08 bits per heavy atom. The van der Waals surface area contributed by atoms with E-state index in [-0.39, 0.29) is 5.91 Å². The van der Waals surface area contributed by atoms with E-state index in [2.05, 4.69) is 17.1 Å². The summed E-state index contributed by atoms with van der Waals surface area (Å²) >= 11 is 0. The summed E-state index contributed by atoms with van der Waals surface area (Å²) in [7, 11) is 0. The average Bonchev–Trinajstić information content (AvgIpc) is 3.46. The van der Waals surface area contributed by atoms with Gasteiger partial charge < -0.3 is 20.0 Å². The first-order valence-electron chi connectivity index (χ1n) is 10.1. The maximum atomic E-state index is 12.5. The second kappa shape index (κ2) is 8.99. The lowest BCUT2D eigenvalue weighted by atomic mass is 9.92. The molecule has 2 aliphatic heterocycles. The van der Waals surface area contributed by atoms with Crippen molar-refractivity contribution in [2.24, 2.45) is 11.8 Å². The Kier molecular flexibility index (Phi) is 6.70. The van der Waals surface area contributed by atoms with Crippen molar-refractivity contribution in [2.75, 3.05) is 58.9 Å². The first-order valence-corrected chi connectivity index (χ1v) is 10.1. The maximum absolute atomic E-state index is 12.5. The molecule has 3 fully saturated rings. The minimum absolute atomic E-state index is 0.223. The molecule has 25 heavy (non-hydrogen) atoms. The van der Waals surface area contributed by atoms with Gasteiger partial charge in [0, 0.05) is 45.7 Å². The number of rotatable bonds is 7. The van der Waals surface area contributed by atoms with Crippen LogP contribution in [-0.2, 0) is 9.59 Å². The van der Waals surface area contributed by atoms with Gasteiger partial charge >= 0.3 is 0 Å². The number of hydrogen-bond donors (Lipinski definition) is 1. The number of carbonyl (C=O) groups is 2. The van der Waals surface area contributed by atoms with Crippen molar-refractivity contribution in [1.82, 2.24) is 20.0 Å². The number of likely N-dealkylation sites (tertiary alicyclic amines) is 1. The Balaban J connectivity index is 1.31. The topological polar surface area (TPSA) is 55.9 Å². The van der Waals surface area contributed by atoms with E-state index in [0.717, 1.165) is 71.1 Å². The zero-order valence-corrected chi connectivity index (χ0v) is 15.7. The average molecular weight is 351 g/mol. The zero-order chi connectivity index (χ0) is 17.6. The van der Waals surface area contributed by atoms with Crippen LogP contribution in [0.3, 0.4) is 0 Å². The number of carbonyl (C=O) groups excluding carboxylic acids is 2. The molecule has 2 saturated heterocycles. The minimum Gasteiger partial charge on any atom is -0.342 e. The highest BCUT2D eigenvalue weighted by Gasteiger charge is 2.27. The summed E-state index contributed by atoms with van der Waals surface area (Å²) in [6.45, 7) is 10.1. The summed E-state index contributed by atoms with van der Waals surface area (Å²) in [6.07, 6.45) is 5.22. The van der Waals surface area contributed by atoms with Crippen LogP contribution in [0, 0.1) is 11.8 Å². The summed E-state index contributed by atoms with van der Waals surface area (Å²) in [4.78, 5) is 31.1. The fourth-order valence-electron chi connectivity index (χ4n) is 3.89. The van der Waals surface area contributed by atoms with Crippen LogP contribution in [0.4, 0.5) is 0 Å². The summed E-state index contributed by atoms with van der Waals surface area (Å²) in [5.74, 6) is 1.79. The third-order valence-electron chi connectivity index (χ3n) is 6.01. The highest BCUT2D eigenvalue weighted by molar-refractivity contribution is 5.78. The summed E-state index contributed by atoms with van der Waals surface area (Å²) in [6, 6.07) is 0. The first-order chi connectivity index (χ1) is 12.2. The molecule has 6 nitrogen and oxygen atoms in total. The molecule has 0 aromatic rings. The quantitative estimate of drug-likeness (QED) is 0.737. The van der Waals surface area contributed by atoms with Gasteiger partial charge in [-0.3, -0.25) is 9.59 Å². The van der Waals surface area contributed by atoms with Gasteiger partial charge in [-0.15, -0.1) is 0 Å². The highest BCUT2D eigenvalue weighted by atomic mass is 16.2. The van der Waals surface area contributed by atoms with Gasteiger partial charge in [0.1, 0.15) is 0 Å². The molecule has 1 N–H and O–H groups in total. The van der Waals surface area contributed by atoms with Gasteiger partial charge in [-0.1, -0.05) is 6.92 Å². The molecule has 3 rings (SSSR count). The number of nitrogens with zero attached hydrogens (tertiary/aromatic N) is 3. The first kappa shape index (κ1) is 18.6. The van der Waals surface area contributed by atoms with E-state index in [1.54, 1.807) is 0 Å². The van der Waals surface area contributed by atoms with Gasteiger partial charge in [-0.25, -0.2) is 0 Å². The van der Waals surface area contributed by atoms with E-state index in [0.29, 0.717) is 24.8 Å². The van der Waals surface area contributed by atoms with Crippen molar-refractivity contribution in [3.63, 3.8) is 0 Å². The Bertz CT molecular complexity index is 450. The SMILES string of the molecule is CCN1CCN(C(=O)CC2CCN(C(=O)CNCC3CC3)CC2)CC1. The molecule has 2 amide bonds. The zero-order valence-electron chi connectivity index (χ0n) is 15.7. The molecule has 0 atom stereocenters. The second-order valence-electron chi connectivity index (χ2n) is 7.92. The molecule has 0 radical (unpaired) electrons. The molecular weight excluding hydrogens is 316 g/mol. The van der Waals surface area contributed by atoms with Gasteiger partial charge in [-0.05, 0) is 50.6 Å². The Labute approximate surface area is 151 Å². The lowest BCUT2D eigenvalue weighted by molar-refractivity contribution is -0.135. The smallest absolute Gasteiger partial charge is 0.236 e. The minimum atomic E-state index is 0.223. The molecule has 1 saturated carbocycles. The molecule has 0 bridgehead atoms. The van der Waals surface area contributed by atoms with Crippen LogP contribution >= 0.6 is 0 Å². The monoisotopic (exact) mass is 350 g/mol. The van der Waals surface area contributed by atoms with Crippen LogP contribution in [0.5, 0.6) is 0 Å². The van der Waals surface area contributed by atoms with E-state index in [1.165, 1.54) is 12.8 Å². The molecule has 6 heteroatoms. The normalized spacial score (nSPS) is 23.1. The van der Waals surface area contributed by atoms with Crippen LogP contribution in [-0.4, -0.2) is 85.4 Å². The molecular formula is C19H34N4O2.